The van der Waals surface area contributed by atoms with Crippen molar-refractivity contribution in [3.63, 3.8) is 0 Å². The molecule has 0 atom stereocenters. The average Bonchev–Trinajstić information content (AvgIpc) is 3.09. The minimum absolute atomic E-state index is 0.692. The van der Waals surface area contributed by atoms with Crippen molar-refractivity contribution in [1.82, 2.24) is 9.55 Å². The van der Waals surface area contributed by atoms with Crippen LogP contribution < -0.4 is 9.47 Å². The Bertz CT molecular complexity index is 1150. The lowest BCUT2D eigenvalue weighted by atomic mass is 10.1. The van der Waals surface area contributed by atoms with Gasteiger partial charge in [-0.05, 0) is 49.2 Å². The van der Waals surface area contributed by atoms with Gasteiger partial charge in [0.2, 0.25) is 0 Å². The summed E-state index contributed by atoms with van der Waals surface area (Å²) in [4.78, 5) is 4.88. The Kier molecular flexibility index (Phi) is 5.45. The highest BCUT2D eigenvalue weighted by molar-refractivity contribution is 6.31. The molecule has 4 aromatic rings. The lowest BCUT2D eigenvalue weighted by Gasteiger charge is -2.12. The minimum Gasteiger partial charge on any atom is -0.493 e. The van der Waals surface area contributed by atoms with Gasteiger partial charge in [0.1, 0.15) is 5.82 Å². The Hall–Kier alpha value is -2.98. The Labute approximate surface area is 175 Å². The summed E-state index contributed by atoms with van der Waals surface area (Å²) in [6, 6.07) is 20.4. The van der Waals surface area contributed by atoms with Crippen LogP contribution in [0.25, 0.3) is 22.4 Å². The first kappa shape index (κ1) is 19.3. The van der Waals surface area contributed by atoms with Gasteiger partial charge in [-0.2, -0.15) is 0 Å². The van der Waals surface area contributed by atoms with E-state index in [1.807, 2.05) is 30.3 Å². The molecule has 1 heterocycles. The van der Waals surface area contributed by atoms with E-state index in [9.17, 15) is 0 Å². The normalized spacial score (nSPS) is 11.0. The zero-order valence-corrected chi connectivity index (χ0v) is 17.5. The second-order valence-corrected chi connectivity index (χ2v) is 7.46. The molecule has 0 saturated heterocycles. The van der Waals surface area contributed by atoms with Crippen LogP contribution in [0.3, 0.4) is 0 Å². The average molecular weight is 407 g/mol. The molecule has 0 radical (unpaired) electrons. The molecule has 4 nitrogen and oxygen atoms in total. The molecule has 0 bridgehead atoms. The number of methoxy groups -OCH3 is 2. The van der Waals surface area contributed by atoms with Crippen LogP contribution in [-0.4, -0.2) is 23.8 Å². The number of aryl methyl sites for hydroxylation is 3. The Morgan fingerprint density at radius 1 is 0.897 bits per heavy atom. The lowest BCUT2D eigenvalue weighted by molar-refractivity contribution is 0.354. The largest absolute Gasteiger partial charge is 0.493 e. The number of nitrogens with zero attached hydrogens (tertiary/aromatic N) is 2. The van der Waals surface area contributed by atoms with Crippen molar-refractivity contribution in [1.29, 1.82) is 0 Å². The Morgan fingerprint density at radius 3 is 2.38 bits per heavy atom. The van der Waals surface area contributed by atoms with E-state index in [1.54, 1.807) is 14.2 Å². The number of imidazole rings is 1. The number of rotatable bonds is 6. The molecular weight excluding hydrogens is 384 g/mol. The first-order valence-corrected chi connectivity index (χ1v) is 9.90. The number of benzene rings is 3. The minimum atomic E-state index is 0.692. The van der Waals surface area contributed by atoms with E-state index in [-0.39, 0.29) is 0 Å². The van der Waals surface area contributed by atoms with Crippen LogP contribution >= 0.6 is 11.6 Å². The Morgan fingerprint density at radius 2 is 1.66 bits per heavy atom. The molecule has 0 aliphatic heterocycles. The summed E-state index contributed by atoms with van der Waals surface area (Å²) in [5.41, 5.74) is 5.47. The maximum Gasteiger partial charge on any atom is 0.160 e. The molecule has 29 heavy (non-hydrogen) atoms. The highest BCUT2D eigenvalue weighted by Gasteiger charge is 2.14. The summed E-state index contributed by atoms with van der Waals surface area (Å²) in [5.74, 6) is 2.42. The first-order valence-electron chi connectivity index (χ1n) is 9.53. The van der Waals surface area contributed by atoms with Crippen LogP contribution in [0.1, 0.15) is 11.1 Å². The maximum atomic E-state index is 6.21. The summed E-state index contributed by atoms with van der Waals surface area (Å²) >= 11 is 6.21. The molecule has 0 saturated carbocycles. The van der Waals surface area contributed by atoms with Crippen molar-refractivity contribution in [2.75, 3.05) is 14.2 Å². The lowest BCUT2D eigenvalue weighted by Crippen LogP contribution is -2.04. The summed E-state index contributed by atoms with van der Waals surface area (Å²) < 4.78 is 13.0. The molecule has 0 aliphatic carbocycles. The van der Waals surface area contributed by atoms with Crippen molar-refractivity contribution in [2.45, 2.75) is 19.9 Å². The van der Waals surface area contributed by atoms with Crippen molar-refractivity contribution in [3.8, 4) is 22.9 Å². The smallest absolute Gasteiger partial charge is 0.160 e. The molecule has 0 amide bonds. The third kappa shape index (κ3) is 3.94. The van der Waals surface area contributed by atoms with E-state index >= 15 is 0 Å². The molecule has 0 fully saturated rings. The second kappa shape index (κ2) is 8.18. The van der Waals surface area contributed by atoms with E-state index in [4.69, 9.17) is 26.1 Å². The van der Waals surface area contributed by atoms with Crippen molar-refractivity contribution in [2.24, 2.45) is 0 Å². The first-order chi connectivity index (χ1) is 14.1. The SMILES string of the molecule is COc1ccc(CCn2c(-c3ccc(C)cc3)nc3cc(Cl)ccc32)cc1OC. The van der Waals surface area contributed by atoms with Crippen molar-refractivity contribution >= 4 is 22.6 Å². The molecule has 0 aliphatic rings. The predicted octanol–water partition coefficient (Wildman–Crippen LogP) is 5.93. The number of halogens is 1. The molecule has 1 aromatic heterocycles. The van der Waals surface area contributed by atoms with Crippen molar-refractivity contribution < 1.29 is 9.47 Å². The molecule has 0 N–H and O–H groups in total. The molecular formula is C24H23ClN2O2. The highest BCUT2D eigenvalue weighted by Crippen LogP contribution is 2.30. The summed E-state index contributed by atoms with van der Waals surface area (Å²) in [7, 11) is 3.30. The second-order valence-electron chi connectivity index (χ2n) is 7.03. The van der Waals surface area contributed by atoms with Gasteiger partial charge in [0.15, 0.2) is 11.5 Å². The van der Waals surface area contributed by atoms with Crippen LogP contribution in [0.5, 0.6) is 11.5 Å². The molecule has 4 rings (SSSR count). The van der Waals surface area contributed by atoms with E-state index < -0.39 is 0 Å². The molecule has 3 aromatic carbocycles. The number of fused-ring (bicyclic) bond motifs is 1. The van der Waals surface area contributed by atoms with Gasteiger partial charge in [-0.25, -0.2) is 4.98 Å². The van der Waals surface area contributed by atoms with Gasteiger partial charge >= 0.3 is 0 Å². The molecule has 0 unspecified atom stereocenters. The zero-order valence-electron chi connectivity index (χ0n) is 16.8. The van der Waals surface area contributed by atoms with E-state index in [0.29, 0.717) is 5.02 Å². The van der Waals surface area contributed by atoms with Gasteiger partial charge < -0.3 is 14.0 Å². The number of aromatic nitrogens is 2. The quantitative estimate of drug-likeness (QED) is 0.398. The monoisotopic (exact) mass is 406 g/mol. The van der Waals surface area contributed by atoms with Crippen LogP contribution in [-0.2, 0) is 13.0 Å². The summed E-state index contributed by atoms with van der Waals surface area (Å²) in [6.07, 6.45) is 0.841. The topological polar surface area (TPSA) is 36.3 Å². The van der Waals surface area contributed by atoms with Crippen LogP contribution in [0.2, 0.25) is 5.02 Å². The van der Waals surface area contributed by atoms with Gasteiger partial charge in [-0.1, -0.05) is 47.5 Å². The number of hydrogen-bond donors (Lipinski definition) is 0. The van der Waals surface area contributed by atoms with Gasteiger partial charge in [0, 0.05) is 17.1 Å². The number of hydrogen-bond acceptors (Lipinski definition) is 3. The fourth-order valence-corrected chi connectivity index (χ4v) is 3.70. The third-order valence-electron chi connectivity index (χ3n) is 5.09. The van der Waals surface area contributed by atoms with E-state index in [1.165, 1.54) is 11.1 Å². The van der Waals surface area contributed by atoms with Crippen LogP contribution in [0, 0.1) is 6.92 Å². The Balaban J connectivity index is 1.72. The maximum absolute atomic E-state index is 6.21. The van der Waals surface area contributed by atoms with E-state index in [2.05, 4.69) is 41.8 Å². The molecule has 0 spiro atoms. The third-order valence-corrected chi connectivity index (χ3v) is 5.33. The standard InChI is InChI=1S/C24H23ClN2O2/c1-16-4-7-18(8-5-16)24-26-20-15-19(25)9-10-21(20)27(24)13-12-17-6-11-22(28-2)23(14-17)29-3/h4-11,14-15H,12-13H2,1-3H3. The zero-order chi connectivity index (χ0) is 20.4. The summed E-state index contributed by atoms with van der Waals surface area (Å²) in [6.45, 7) is 2.88. The van der Waals surface area contributed by atoms with Crippen LogP contribution in [0.15, 0.2) is 60.7 Å². The molecule has 5 heteroatoms. The fraction of sp³-hybridized carbons (Fsp3) is 0.208. The van der Waals surface area contributed by atoms with Gasteiger partial charge in [0.05, 0.1) is 25.3 Å². The van der Waals surface area contributed by atoms with Crippen LogP contribution in [0.4, 0.5) is 0 Å². The fourth-order valence-electron chi connectivity index (χ4n) is 3.53. The van der Waals surface area contributed by atoms with Gasteiger partial charge in [-0.15, -0.1) is 0 Å². The van der Waals surface area contributed by atoms with Gasteiger partial charge in [0.25, 0.3) is 0 Å². The van der Waals surface area contributed by atoms with Crippen molar-refractivity contribution in [3.05, 3.63) is 76.8 Å². The predicted molar refractivity (Wildman–Crippen MR) is 118 cm³/mol. The number of ether oxygens (including phenoxy) is 2. The molecule has 148 valence electrons. The van der Waals surface area contributed by atoms with Gasteiger partial charge in [-0.3, -0.25) is 0 Å². The van der Waals surface area contributed by atoms with E-state index in [0.717, 1.165) is 46.9 Å². The highest BCUT2D eigenvalue weighted by atomic mass is 35.5. The summed E-state index contributed by atoms with van der Waals surface area (Å²) in [5, 5.41) is 0.692.